The molecule has 3 aromatic heterocycles. The zero-order valence-corrected chi connectivity index (χ0v) is 19.0. The van der Waals surface area contributed by atoms with Crippen molar-refractivity contribution in [3.63, 3.8) is 0 Å². The van der Waals surface area contributed by atoms with Crippen molar-refractivity contribution in [3.8, 4) is 22.9 Å². The second-order valence-electron chi connectivity index (χ2n) is 7.61. The summed E-state index contributed by atoms with van der Waals surface area (Å²) < 4.78 is 73.0. The number of nitrogens with zero attached hydrogens (tertiary/aromatic N) is 3. The highest BCUT2D eigenvalue weighted by molar-refractivity contribution is 6.12. The third-order valence-corrected chi connectivity index (χ3v) is 5.05. The first-order valence-electron chi connectivity index (χ1n) is 10.6. The number of hydrogen-bond donors (Lipinski definition) is 2. The molecule has 3 aromatic rings. The summed E-state index contributed by atoms with van der Waals surface area (Å²) in [6.45, 7) is -0.917. The van der Waals surface area contributed by atoms with Gasteiger partial charge in [-0.05, 0) is 30.4 Å². The van der Waals surface area contributed by atoms with Gasteiger partial charge in [0.15, 0.2) is 6.61 Å². The van der Waals surface area contributed by atoms with E-state index >= 15 is 0 Å². The maximum atomic E-state index is 13.7. The van der Waals surface area contributed by atoms with Crippen molar-refractivity contribution >= 4 is 22.3 Å². The topological polar surface area (TPSA) is 102 Å². The molecule has 13 heteroatoms. The summed E-state index contributed by atoms with van der Waals surface area (Å²) >= 11 is 0. The van der Waals surface area contributed by atoms with Crippen molar-refractivity contribution in [3.05, 3.63) is 77.0 Å². The van der Waals surface area contributed by atoms with Gasteiger partial charge in [-0.1, -0.05) is 0 Å². The molecule has 0 fully saturated rings. The zero-order chi connectivity index (χ0) is 26.7. The van der Waals surface area contributed by atoms with Gasteiger partial charge in [-0.15, -0.1) is 13.2 Å². The molecule has 0 saturated carbocycles. The molecule has 4 rings (SSSR count). The average Bonchev–Trinajstić information content (AvgIpc) is 2.84. The molecule has 2 N–H and O–H groups in total. The molecule has 1 aliphatic carbocycles. The molecule has 0 bridgehead atoms. The molecule has 0 amide bonds. The number of hydrogen-bond acceptors (Lipinski definition) is 7. The van der Waals surface area contributed by atoms with Crippen molar-refractivity contribution in [1.29, 1.82) is 5.41 Å². The van der Waals surface area contributed by atoms with Crippen LogP contribution in [-0.2, 0) is 0 Å². The Labute approximate surface area is 205 Å². The van der Waals surface area contributed by atoms with Crippen LogP contribution >= 0.6 is 0 Å². The average molecular weight is 519 g/mol. The number of rotatable bonds is 7. The van der Waals surface area contributed by atoms with E-state index in [0.29, 0.717) is 16.7 Å². The number of fused-ring (bicyclic) bond motifs is 1. The fraction of sp³-hybridized carbons (Fsp3) is 0.167. The number of aromatic nitrogens is 3. The molecule has 192 valence electrons. The molecule has 0 saturated heterocycles. The second-order valence-corrected chi connectivity index (χ2v) is 7.61. The maximum absolute atomic E-state index is 13.7. The molecule has 0 unspecified atom stereocenters. The normalized spacial score (nSPS) is 14.8. The quantitative estimate of drug-likeness (QED) is 0.445. The van der Waals surface area contributed by atoms with Crippen LogP contribution in [0.4, 0.5) is 22.0 Å². The molecule has 37 heavy (non-hydrogen) atoms. The van der Waals surface area contributed by atoms with Crippen molar-refractivity contribution < 1.29 is 31.4 Å². The Morgan fingerprint density at radius 2 is 1.92 bits per heavy atom. The largest absolute Gasteiger partial charge is 0.574 e. The number of halogens is 5. The van der Waals surface area contributed by atoms with E-state index in [2.05, 4.69) is 20.0 Å². The predicted molar refractivity (Wildman–Crippen MR) is 126 cm³/mol. The lowest BCUT2D eigenvalue weighted by Crippen LogP contribution is -2.22. The molecule has 3 heterocycles. The van der Waals surface area contributed by atoms with Gasteiger partial charge in [0.2, 0.25) is 11.8 Å². The van der Waals surface area contributed by atoms with Gasteiger partial charge in [-0.3, -0.25) is 9.36 Å². The molecule has 0 radical (unpaired) electrons. The van der Waals surface area contributed by atoms with Crippen LogP contribution in [0.3, 0.4) is 0 Å². The lowest BCUT2D eigenvalue weighted by atomic mass is 10.0. The van der Waals surface area contributed by atoms with Crippen LogP contribution in [0.2, 0.25) is 0 Å². The SMILES string of the molecule is CN/C=C1/C=C(n2cc3ccc(OCC(F)F)nc3c(-c3ccc(OC(F)(F)F)nc3)c2=O)C=CC1=N. The third kappa shape index (κ3) is 5.82. The Kier molecular flexibility index (Phi) is 7.05. The van der Waals surface area contributed by atoms with Gasteiger partial charge in [0.05, 0.1) is 16.8 Å². The molecule has 0 aromatic carbocycles. The van der Waals surface area contributed by atoms with Gasteiger partial charge in [0.25, 0.3) is 12.0 Å². The molecule has 0 spiro atoms. The summed E-state index contributed by atoms with van der Waals surface area (Å²) in [6.07, 6.45) is 1.02. The van der Waals surface area contributed by atoms with Crippen molar-refractivity contribution in [2.24, 2.45) is 0 Å². The van der Waals surface area contributed by atoms with Gasteiger partial charge in [0.1, 0.15) is 0 Å². The fourth-order valence-electron chi connectivity index (χ4n) is 3.54. The lowest BCUT2D eigenvalue weighted by Gasteiger charge is -2.16. The fourth-order valence-corrected chi connectivity index (χ4v) is 3.54. The number of pyridine rings is 3. The van der Waals surface area contributed by atoms with E-state index in [0.717, 1.165) is 12.3 Å². The Balaban J connectivity index is 1.91. The van der Waals surface area contributed by atoms with E-state index in [4.69, 9.17) is 10.1 Å². The van der Waals surface area contributed by atoms with Gasteiger partial charge >= 0.3 is 6.36 Å². The van der Waals surface area contributed by atoms with Crippen molar-refractivity contribution in [1.82, 2.24) is 19.9 Å². The minimum atomic E-state index is -4.95. The smallest absolute Gasteiger partial charge is 0.472 e. The summed E-state index contributed by atoms with van der Waals surface area (Å²) in [5.41, 5.74) is 0.603. The highest BCUT2D eigenvalue weighted by Gasteiger charge is 2.31. The van der Waals surface area contributed by atoms with Crippen LogP contribution in [0.5, 0.6) is 11.8 Å². The molecule has 1 aliphatic rings. The maximum Gasteiger partial charge on any atom is 0.574 e. The van der Waals surface area contributed by atoms with E-state index < -0.39 is 30.8 Å². The number of ether oxygens (including phenoxy) is 2. The molecule has 0 aliphatic heterocycles. The van der Waals surface area contributed by atoms with E-state index in [1.54, 1.807) is 25.4 Å². The Morgan fingerprint density at radius 1 is 1.16 bits per heavy atom. The van der Waals surface area contributed by atoms with Crippen LogP contribution in [0, 0.1) is 5.41 Å². The van der Waals surface area contributed by atoms with Crippen LogP contribution in [0.25, 0.3) is 27.7 Å². The van der Waals surface area contributed by atoms with Crippen molar-refractivity contribution in [2.45, 2.75) is 12.8 Å². The lowest BCUT2D eigenvalue weighted by molar-refractivity contribution is -0.276. The van der Waals surface area contributed by atoms with Gasteiger partial charge in [-0.25, -0.2) is 18.7 Å². The molecular formula is C24H18F5N5O3. The summed E-state index contributed by atoms with van der Waals surface area (Å²) in [7, 11) is 1.66. The highest BCUT2D eigenvalue weighted by Crippen LogP contribution is 2.29. The van der Waals surface area contributed by atoms with Crippen LogP contribution in [0.15, 0.2) is 71.5 Å². The highest BCUT2D eigenvalue weighted by atomic mass is 19.4. The molecule has 0 atom stereocenters. The summed E-state index contributed by atoms with van der Waals surface area (Å²) in [5.74, 6) is -0.898. The van der Waals surface area contributed by atoms with Crippen LogP contribution in [0.1, 0.15) is 0 Å². The van der Waals surface area contributed by atoms with E-state index in [1.165, 1.54) is 35.0 Å². The van der Waals surface area contributed by atoms with Crippen LogP contribution < -0.4 is 20.3 Å². The first kappa shape index (κ1) is 25.5. The standard InChI is InChI=1S/C24H18F5N5O3/c1-31-9-15-8-16(4-5-17(15)30)34-11-14-3-7-20(36-12-18(25)26)33-22(14)21(23(34)35)13-2-6-19(32-10-13)37-24(27,28)29/h2-11,18,30-31H,12H2,1H3/b15-9-,30-17?. The number of nitrogens with one attached hydrogen (secondary N) is 2. The molecular weight excluding hydrogens is 501 g/mol. The van der Waals surface area contributed by atoms with Gasteiger partial charge in [0, 0.05) is 60.0 Å². The van der Waals surface area contributed by atoms with Gasteiger partial charge in [-0.2, -0.15) is 0 Å². The minimum absolute atomic E-state index is 0.0554. The Morgan fingerprint density at radius 3 is 2.57 bits per heavy atom. The monoisotopic (exact) mass is 519 g/mol. The minimum Gasteiger partial charge on any atom is -0.472 e. The summed E-state index contributed by atoms with van der Waals surface area (Å²) in [6, 6.07) is 5.01. The molecule has 8 nitrogen and oxygen atoms in total. The third-order valence-electron chi connectivity index (χ3n) is 5.05. The summed E-state index contributed by atoms with van der Waals surface area (Å²) in [5, 5.41) is 11.3. The van der Waals surface area contributed by atoms with E-state index in [-0.39, 0.29) is 28.2 Å². The number of allylic oxidation sites excluding steroid dienone is 5. The second kappa shape index (κ2) is 10.2. The van der Waals surface area contributed by atoms with Crippen molar-refractivity contribution in [2.75, 3.05) is 13.7 Å². The van der Waals surface area contributed by atoms with E-state index in [9.17, 15) is 26.7 Å². The van der Waals surface area contributed by atoms with Gasteiger partial charge < -0.3 is 20.2 Å². The Bertz CT molecular complexity index is 1490. The zero-order valence-electron chi connectivity index (χ0n) is 19.0. The first-order chi connectivity index (χ1) is 17.6. The van der Waals surface area contributed by atoms with E-state index in [1.807, 2.05) is 0 Å². The first-order valence-corrected chi connectivity index (χ1v) is 10.6. The number of alkyl halides is 5. The predicted octanol–water partition coefficient (Wildman–Crippen LogP) is 4.53. The van der Waals surface area contributed by atoms with Crippen LogP contribution in [-0.4, -0.2) is 46.7 Å². The Hall–Kier alpha value is -4.55. The summed E-state index contributed by atoms with van der Waals surface area (Å²) in [4.78, 5) is 21.5.